The summed E-state index contributed by atoms with van der Waals surface area (Å²) >= 11 is 5.98. The van der Waals surface area contributed by atoms with Crippen molar-refractivity contribution in [1.82, 2.24) is 10.6 Å². The number of ether oxygens (including phenoxy) is 1. The van der Waals surface area contributed by atoms with Gasteiger partial charge in [-0.05, 0) is 44.5 Å². The summed E-state index contributed by atoms with van der Waals surface area (Å²) < 4.78 is 5.26. The molecule has 5 nitrogen and oxygen atoms in total. The zero-order valence-electron chi connectivity index (χ0n) is 13.1. The lowest BCUT2D eigenvalue weighted by Crippen LogP contribution is -2.52. The molecular weight excluding hydrogens is 302 g/mol. The minimum atomic E-state index is 0.0639. The van der Waals surface area contributed by atoms with Gasteiger partial charge in [-0.3, -0.25) is 4.79 Å². The maximum Gasteiger partial charge on any atom is 0.222 e. The highest BCUT2D eigenvalue weighted by molar-refractivity contribution is 6.30. The summed E-state index contributed by atoms with van der Waals surface area (Å²) in [5.41, 5.74) is 0.801. The Morgan fingerprint density at radius 3 is 3.05 bits per heavy atom. The Labute approximate surface area is 136 Å². The Hall–Kier alpha value is -1.46. The van der Waals surface area contributed by atoms with Gasteiger partial charge in [0.25, 0.3) is 0 Å². The maximum atomic E-state index is 12.0. The maximum absolute atomic E-state index is 12.0. The van der Waals surface area contributed by atoms with Gasteiger partial charge in [0.2, 0.25) is 5.91 Å². The molecule has 0 spiro atoms. The zero-order chi connectivity index (χ0) is 15.9. The topological polar surface area (TPSA) is 62.4 Å². The average Bonchev–Trinajstić information content (AvgIpc) is 2.50. The molecule has 0 saturated carbocycles. The van der Waals surface area contributed by atoms with Gasteiger partial charge in [0, 0.05) is 30.1 Å². The van der Waals surface area contributed by atoms with Crippen molar-refractivity contribution in [1.29, 1.82) is 0 Å². The summed E-state index contributed by atoms with van der Waals surface area (Å²) in [6, 6.07) is 5.93. The van der Waals surface area contributed by atoms with Crippen LogP contribution in [0.3, 0.4) is 0 Å². The van der Waals surface area contributed by atoms with E-state index in [9.17, 15) is 4.79 Å². The van der Waals surface area contributed by atoms with Crippen molar-refractivity contribution in [3.8, 4) is 5.75 Å². The van der Waals surface area contributed by atoms with Gasteiger partial charge in [-0.1, -0.05) is 11.6 Å². The summed E-state index contributed by atoms with van der Waals surface area (Å²) in [5, 5.41) is 10.3. The van der Waals surface area contributed by atoms with Crippen LogP contribution in [0.1, 0.15) is 26.2 Å². The number of carbonyl (C=O) groups excluding carboxylic acids is 1. The van der Waals surface area contributed by atoms with E-state index in [2.05, 4.69) is 22.9 Å². The Kier molecular flexibility index (Phi) is 6.34. The molecule has 122 valence electrons. The summed E-state index contributed by atoms with van der Waals surface area (Å²) in [6.07, 6.45) is 2.56. The molecule has 0 bridgehead atoms. The molecule has 0 radical (unpaired) electrons. The van der Waals surface area contributed by atoms with Gasteiger partial charge < -0.3 is 20.7 Å². The van der Waals surface area contributed by atoms with Gasteiger partial charge >= 0.3 is 0 Å². The second-order valence-electron chi connectivity index (χ2n) is 5.58. The lowest BCUT2D eigenvalue weighted by atomic mass is 10.00. The molecule has 2 unspecified atom stereocenters. The normalized spacial score (nSPS) is 21.2. The lowest BCUT2D eigenvalue weighted by Gasteiger charge is -2.30. The predicted molar refractivity (Wildman–Crippen MR) is 89.7 cm³/mol. The van der Waals surface area contributed by atoms with Crippen LogP contribution in [0.25, 0.3) is 0 Å². The fourth-order valence-electron chi connectivity index (χ4n) is 2.65. The van der Waals surface area contributed by atoms with Crippen molar-refractivity contribution < 1.29 is 9.53 Å². The highest BCUT2D eigenvalue weighted by Gasteiger charge is 2.21. The number of piperidine rings is 1. The Bertz CT molecular complexity index is 510. The zero-order valence-corrected chi connectivity index (χ0v) is 13.9. The van der Waals surface area contributed by atoms with E-state index in [4.69, 9.17) is 16.3 Å². The first-order valence-electron chi connectivity index (χ1n) is 7.70. The standard InChI is InChI=1S/C16H24ClN3O2/c1-11-13(4-3-8-18-11)20-16(21)7-9-19-14-10-12(17)5-6-15(14)22-2/h5-6,10-11,13,18-19H,3-4,7-9H2,1-2H3,(H,20,21). The summed E-state index contributed by atoms with van der Waals surface area (Å²) in [7, 11) is 1.61. The van der Waals surface area contributed by atoms with Crippen LogP contribution < -0.4 is 20.7 Å². The van der Waals surface area contributed by atoms with E-state index >= 15 is 0 Å². The molecule has 2 rings (SSSR count). The minimum Gasteiger partial charge on any atom is -0.495 e. The van der Waals surface area contributed by atoms with Crippen molar-refractivity contribution in [2.24, 2.45) is 0 Å². The molecule has 22 heavy (non-hydrogen) atoms. The number of carbonyl (C=O) groups is 1. The van der Waals surface area contributed by atoms with Gasteiger partial charge in [-0.15, -0.1) is 0 Å². The second kappa shape index (κ2) is 8.25. The van der Waals surface area contributed by atoms with Crippen LogP contribution in [0, 0.1) is 0 Å². The van der Waals surface area contributed by atoms with Crippen LogP contribution in [-0.4, -0.2) is 38.2 Å². The van der Waals surface area contributed by atoms with E-state index < -0.39 is 0 Å². The third-order valence-electron chi connectivity index (χ3n) is 3.94. The number of hydrogen-bond donors (Lipinski definition) is 3. The third-order valence-corrected chi connectivity index (χ3v) is 4.17. The molecule has 1 aliphatic heterocycles. The fourth-order valence-corrected chi connectivity index (χ4v) is 2.82. The molecule has 2 atom stereocenters. The van der Waals surface area contributed by atoms with E-state index in [1.165, 1.54) is 0 Å². The highest BCUT2D eigenvalue weighted by atomic mass is 35.5. The highest BCUT2D eigenvalue weighted by Crippen LogP contribution is 2.27. The molecule has 0 aromatic heterocycles. The summed E-state index contributed by atoms with van der Waals surface area (Å²) in [4.78, 5) is 12.0. The van der Waals surface area contributed by atoms with Gasteiger partial charge in [0.15, 0.2) is 0 Å². The number of anilines is 1. The van der Waals surface area contributed by atoms with Crippen LogP contribution in [0.15, 0.2) is 18.2 Å². The monoisotopic (exact) mass is 325 g/mol. The van der Waals surface area contributed by atoms with E-state index in [-0.39, 0.29) is 11.9 Å². The average molecular weight is 326 g/mol. The Morgan fingerprint density at radius 1 is 1.50 bits per heavy atom. The number of nitrogens with one attached hydrogen (secondary N) is 3. The first-order valence-corrected chi connectivity index (χ1v) is 8.08. The molecule has 1 saturated heterocycles. The largest absolute Gasteiger partial charge is 0.495 e. The minimum absolute atomic E-state index is 0.0639. The summed E-state index contributed by atoms with van der Waals surface area (Å²) in [6.45, 7) is 3.68. The first kappa shape index (κ1) is 16.9. The van der Waals surface area contributed by atoms with E-state index in [0.29, 0.717) is 24.0 Å². The second-order valence-corrected chi connectivity index (χ2v) is 6.02. The lowest BCUT2D eigenvalue weighted by molar-refractivity contribution is -0.121. The number of rotatable bonds is 6. The molecule has 1 amide bonds. The molecule has 1 aromatic carbocycles. The fraction of sp³-hybridized carbons (Fsp3) is 0.562. The van der Waals surface area contributed by atoms with Crippen molar-refractivity contribution >= 4 is 23.2 Å². The number of methoxy groups -OCH3 is 1. The van der Waals surface area contributed by atoms with Crippen molar-refractivity contribution in [3.63, 3.8) is 0 Å². The smallest absolute Gasteiger partial charge is 0.222 e. The van der Waals surface area contributed by atoms with Crippen molar-refractivity contribution in [3.05, 3.63) is 23.2 Å². The molecule has 3 N–H and O–H groups in total. The van der Waals surface area contributed by atoms with Crippen molar-refractivity contribution in [2.45, 2.75) is 38.3 Å². The summed E-state index contributed by atoms with van der Waals surface area (Å²) in [5.74, 6) is 0.781. The number of amides is 1. The van der Waals surface area contributed by atoms with Gasteiger partial charge in [-0.25, -0.2) is 0 Å². The van der Waals surface area contributed by atoms with Crippen LogP contribution in [0.2, 0.25) is 5.02 Å². The molecule has 1 heterocycles. The number of halogens is 1. The molecule has 1 fully saturated rings. The number of benzene rings is 1. The quantitative estimate of drug-likeness (QED) is 0.751. The van der Waals surface area contributed by atoms with E-state index in [1.807, 2.05) is 0 Å². The Morgan fingerprint density at radius 2 is 2.32 bits per heavy atom. The molecule has 0 aliphatic carbocycles. The van der Waals surface area contributed by atoms with Gasteiger partial charge in [0.1, 0.15) is 5.75 Å². The molecular formula is C16H24ClN3O2. The van der Waals surface area contributed by atoms with Crippen LogP contribution in [0.4, 0.5) is 5.69 Å². The third kappa shape index (κ3) is 4.78. The predicted octanol–water partition coefficient (Wildman–Crippen LogP) is 2.41. The molecule has 1 aromatic rings. The van der Waals surface area contributed by atoms with Gasteiger partial charge in [0.05, 0.1) is 12.8 Å². The van der Waals surface area contributed by atoms with E-state index in [1.54, 1.807) is 25.3 Å². The van der Waals surface area contributed by atoms with Gasteiger partial charge in [-0.2, -0.15) is 0 Å². The number of hydrogen-bond acceptors (Lipinski definition) is 4. The Balaban J connectivity index is 1.78. The van der Waals surface area contributed by atoms with Crippen LogP contribution in [0.5, 0.6) is 5.75 Å². The SMILES string of the molecule is COc1ccc(Cl)cc1NCCC(=O)NC1CCCNC1C. The molecule has 6 heteroatoms. The first-order chi connectivity index (χ1) is 10.6. The van der Waals surface area contributed by atoms with Crippen LogP contribution >= 0.6 is 11.6 Å². The van der Waals surface area contributed by atoms with Crippen LogP contribution in [-0.2, 0) is 4.79 Å². The molecule has 1 aliphatic rings. The van der Waals surface area contributed by atoms with E-state index in [0.717, 1.165) is 30.8 Å². The van der Waals surface area contributed by atoms with Crippen molar-refractivity contribution in [2.75, 3.05) is 25.5 Å².